The van der Waals surface area contributed by atoms with Gasteiger partial charge in [0.1, 0.15) is 11.9 Å². The van der Waals surface area contributed by atoms with E-state index in [2.05, 4.69) is 5.32 Å². The Morgan fingerprint density at radius 2 is 2.33 bits per heavy atom. The largest absolute Gasteiger partial charge is 0.385 e. The number of hydrogen-bond donors (Lipinski definition) is 2. The lowest BCUT2D eigenvalue weighted by molar-refractivity contribution is -0.128. The molecule has 2 atom stereocenters. The van der Waals surface area contributed by atoms with Crippen molar-refractivity contribution in [3.63, 3.8) is 0 Å². The molecular weight excluding hydrogens is 335 g/mol. The molecule has 24 heavy (non-hydrogen) atoms. The maximum atomic E-state index is 13.1. The maximum Gasteiger partial charge on any atom is 0.237 e. The van der Waals surface area contributed by atoms with Crippen LogP contribution >= 0.6 is 11.6 Å². The number of nitrogens with zero attached hydrogens (tertiary/aromatic N) is 1. The van der Waals surface area contributed by atoms with E-state index in [1.54, 1.807) is 6.92 Å². The molecule has 0 bridgehead atoms. The highest BCUT2D eigenvalue weighted by molar-refractivity contribution is 6.30. The van der Waals surface area contributed by atoms with Gasteiger partial charge in [-0.25, -0.2) is 4.39 Å². The fourth-order valence-corrected chi connectivity index (χ4v) is 2.66. The van der Waals surface area contributed by atoms with Crippen molar-refractivity contribution < 1.29 is 19.1 Å². The van der Waals surface area contributed by atoms with Gasteiger partial charge in [-0.3, -0.25) is 14.5 Å². The van der Waals surface area contributed by atoms with Crippen LogP contribution in [0.3, 0.4) is 0 Å². The van der Waals surface area contributed by atoms with Gasteiger partial charge in [0.15, 0.2) is 5.78 Å². The van der Waals surface area contributed by atoms with E-state index in [1.165, 1.54) is 30.4 Å². The summed E-state index contributed by atoms with van der Waals surface area (Å²) in [6.07, 6.45) is 1.83. The van der Waals surface area contributed by atoms with Crippen LogP contribution < -0.4 is 5.32 Å². The topological polar surface area (TPSA) is 69.6 Å². The Labute approximate surface area is 145 Å². The third kappa shape index (κ3) is 4.87. The molecular formula is C17H20ClFN2O3. The number of amides is 1. The smallest absolute Gasteiger partial charge is 0.237 e. The van der Waals surface area contributed by atoms with E-state index in [1.807, 2.05) is 4.90 Å². The Hall–Kier alpha value is -1.76. The molecule has 1 aliphatic rings. The van der Waals surface area contributed by atoms with Crippen LogP contribution in [-0.4, -0.2) is 53.5 Å². The van der Waals surface area contributed by atoms with Gasteiger partial charge in [0.25, 0.3) is 0 Å². The first-order valence-corrected chi connectivity index (χ1v) is 8.13. The van der Waals surface area contributed by atoms with Crippen LogP contribution in [0.1, 0.15) is 18.9 Å². The van der Waals surface area contributed by atoms with Gasteiger partial charge in [-0.1, -0.05) is 23.7 Å². The highest BCUT2D eigenvalue weighted by Crippen LogP contribution is 2.17. The van der Waals surface area contributed by atoms with Gasteiger partial charge in [-0.05, 0) is 37.1 Å². The van der Waals surface area contributed by atoms with Gasteiger partial charge < -0.3 is 10.4 Å². The van der Waals surface area contributed by atoms with Crippen molar-refractivity contribution in [1.82, 2.24) is 10.2 Å². The Morgan fingerprint density at radius 1 is 1.58 bits per heavy atom. The third-order valence-corrected chi connectivity index (χ3v) is 4.32. The standard InChI is InChI=1S/C17H20ClFN2O3/c1-11-17(24)20-7-9-21(11)8-6-16(23)15(22)5-3-12-2-4-14(19)13(18)10-12/h2-5,10-11,16,23H,6-9H2,1H3,(H,20,24)/b5-3+/t11-,16?/m1/s1. The second-order valence-corrected chi connectivity index (χ2v) is 6.12. The molecule has 1 fully saturated rings. The van der Waals surface area contributed by atoms with E-state index >= 15 is 0 Å². The fourth-order valence-electron chi connectivity index (χ4n) is 2.47. The van der Waals surface area contributed by atoms with Crippen LogP contribution in [0.2, 0.25) is 5.02 Å². The summed E-state index contributed by atoms with van der Waals surface area (Å²) in [4.78, 5) is 25.4. The van der Waals surface area contributed by atoms with E-state index in [0.29, 0.717) is 25.2 Å². The molecule has 0 aliphatic carbocycles. The van der Waals surface area contributed by atoms with Crippen LogP contribution in [0, 0.1) is 5.82 Å². The molecule has 0 radical (unpaired) electrons. The zero-order valence-electron chi connectivity index (χ0n) is 13.3. The van der Waals surface area contributed by atoms with Gasteiger partial charge >= 0.3 is 0 Å². The molecule has 2 rings (SSSR count). The molecule has 1 saturated heterocycles. The molecule has 5 nitrogen and oxygen atoms in total. The summed E-state index contributed by atoms with van der Waals surface area (Å²) in [5.74, 6) is -1.01. The predicted octanol–water partition coefficient (Wildman–Crippen LogP) is 1.63. The van der Waals surface area contributed by atoms with E-state index in [4.69, 9.17) is 11.6 Å². The van der Waals surface area contributed by atoms with Gasteiger partial charge in [-0.2, -0.15) is 0 Å². The first-order chi connectivity index (χ1) is 11.4. The highest BCUT2D eigenvalue weighted by atomic mass is 35.5. The number of halogens is 2. The molecule has 0 spiro atoms. The first-order valence-electron chi connectivity index (χ1n) is 7.75. The summed E-state index contributed by atoms with van der Waals surface area (Å²) in [7, 11) is 0. The average Bonchev–Trinajstić information content (AvgIpc) is 2.56. The molecule has 7 heteroatoms. The van der Waals surface area contributed by atoms with E-state index in [9.17, 15) is 19.1 Å². The number of rotatable bonds is 6. The van der Waals surface area contributed by atoms with Crippen LogP contribution in [0.25, 0.3) is 6.08 Å². The highest BCUT2D eigenvalue weighted by Gasteiger charge is 2.26. The summed E-state index contributed by atoms with van der Waals surface area (Å²) in [6.45, 7) is 3.51. The molecule has 1 unspecified atom stereocenters. The van der Waals surface area contributed by atoms with Crippen LogP contribution in [0.5, 0.6) is 0 Å². The number of carbonyl (C=O) groups excluding carboxylic acids is 2. The Bertz CT molecular complexity index is 651. The zero-order chi connectivity index (χ0) is 17.7. The van der Waals surface area contributed by atoms with Crippen LogP contribution in [0.15, 0.2) is 24.3 Å². The van der Waals surface area contributed by atoms with Crippen molar-refractivity contribution in [3.05, 3.63) is 40.7 Å². The number of aliphatic hydroxyl groups excluding tert-OH is 1. The molecule has 1 amide bonds. The molecule has 0 aromatic heterocycles. The van der Waals surface area contributed by atoms with Crippen molar-refractivity contribution in [2.45, 2.75) is 25.5 Å². The lowest BCUT2D eigenvalue weighted by Gasteiger charge is -2.32. The van der Waals surface area contributed by atoms with Crippen LogP contribution in [0.4, 0.5) is 4.39 Å². The SMILES string of the molecule is C[C@@H]1C(=O)NCCN1CCC(O)C(=O)/C=C/c1ccc(F)c(Cl)c1. The molecule has 1 aliphatic heterocycles. The number of piperazine rings is 1. The molecule has 1 aromatic carbocycles. The number of hydrogen-bond acceptors (Lipinski definition) is 4. The van der Waals surface area contributed by atoms with Gasteiger partial charge in [0, 0.05) is 19.6 Å². The second kappa shape index (κ2) is 8.37. The number of benzene rings is 1. The quantitative estimate of drug-likeness (QED) is 0.762. The predicted molar refractivity (Wildman–Crippen MR) is 90.1 cm³/mol. The monoisotopic (exact) mass is 354 g/mol. The lowest BCUT2D eigenvalue weighted by Crippen LogP contribution is -2.54. The molecule has 1 heterocycles. The van der Waals surface area contributed by atoms with Gasteiger partial charge in [-0.15, -0.1) is 0 Å². The molecule has 1 aromatic rings. The first kappa shape index (κ1) is 18.6. The second-order valence-electron chi connectivity index (χ2n) is 5.72. The van der Waals surface area contributed by atoms with E-state index in [0.717, 1.165) is 0 Å². The van der Waals surface area contributed by atoms with Crippen molar-refractivity contribution in [3.8, 4) is 0 Å². The van der Waals surface area contributed by atoms with Crippen molar-refractivity contribution in [2.75, 3.05) is 19.6 Å². The summed E-state index contributed by atoms with van der Waals surface area (Å²) in [6, 6.07) is 3.84. The van der Waals surface area contributed by atoms with Crippen LogP contribution in [-0.2, 0) is 9.59 Å². The Balaban J connectivity index is 1.86. The van der Waals surface area contributed by atoms with E-state index in [-0.39, 0.29) is 23.4 Å². The zero-order valence-corrected chi connectivity index (χ0v) is 14.1. The summed E-state index contributed by atoms with van der Waals surface area (Å²) in [5.41, 5.74) is 0.572. The third-order valence-electron chi connectivity index (χ3n) is 4.03. The Kier molecular flexibility index (Phi) is 6.48. The number of carbonyl (C=O) groups is 2. The van der Waals surface area contributed by atoms with E-state index < -0.39 is 17.7 Å². The van der Waals surface area contributed by atoms with Crippen molar-refractivity contribution >= 4 is 29.4 Å². The minimum atomic E-state index is -1.14. The van der Waals surface area contributed by atoms with Crippen molar-refractivity contribution in [1.29, 1.82) is 0 Å². The lowest BCUT2D eigenvalue weighted by atomic mass is 10.1. The summed E-state index contributed by atoms with van der Waals surface area (Å²) < 4.78 is 13.1. The minimum Gasteiger partial charge on any atom is -0.385 e. The average molecular weight is 355 g/mol. The molecule has 2 N–H and O–H groups in total. The van der Waals surface area contributed by atoms with Gasteiger partial charge in [0.2, 0.25) is 5.91 Å². The maximum absolute atomic E-state index is 13.1. The number of nitrogens with one attached hydrogen (secondary N) is 1. The number of aliphatic hydroxyl groups is 1. The van der Waals surface area contributed by atoms with Crippen molar-refractivity contribution in [2.24, 2.45) is 0 Å². The fraction of sp³-hybridized carbons (Fsp3) is 0.412. The minimum absolute atomic E-state index is 0.0255. The normalized spacial score (nSPS) is 20.2. The molecule has 130 valence electrons. The van der Waals surface area contributed by atoms with Gasteiger partial charge in [0.05, 0.1) is 11.1 Å². The number of ketones is 1. The Morgan fingerprint density at radius 3 is 3.04 bits per heavy atom. The molecule has 0 saturated carbocycles. The summed E-state index contributed by atoms with van der Waals surface area (Å²) in [5, 5.41) is 12.7. The summed E-state index contributed by atoms with van der Waals surface area (Å²) >= 11 is 5.67.